The van der Waals surface area contributed by atoms with Gasteiger partial charge in [0.05, 0.1) is 24.4 Å². The summed E-state index contributed by atoms with van der Waals surface area (Å²) in [7, 11) is 1.87. The van der Waals surface area contributed by atoms with Crippen LogP contribution >= 0.6 is 0 Å². The molecule has 37 heavy (non-hydrogen) atoms. The minimum absolute atomic E-state index is 0.000745. The number of rotatable bonds is 3. The smallest absolute Gasteiger partial charge is 0.0656 e. The molecule has 5 aliphatic rings. The summed E-state index contributed by atoms with van der Waals surface area (Å²) in [5.41, 5.74) is -0.222. The molecule has 5 fully saturated rings. The maximum Gasteiger partial charge on any atom is 0.0656 e. The highest BCUT2D eigenvalue weighted by Crippen LogP contribution is 2.73. The van der Waals surface area contributed by atoms with Crippen LogP contribution in [0.25, 0.3) is 0 Å². The Morgan fingerprint density at radius 2 is 1.49 bits per heavy atom. The lowest BCUT2D eigenvalue weighted by molar-refractivity contribution is -0.280. The Bertz CT molecular complexity index is 821. The molecular formula is C33H58O4. The summed E-state index contributed by atoms with van der Waals surface area (Å²) in [5.74, 6) is 3.67. The van der Waals surface area contributed by atoms with Gasteiger partial charge in [0.15, 0.2) is 0 Å². The van der Waals surface area contributed by atoms with Crippen molar-refractivity contribution in [1.82, 2.24) is 0 Å². The van der Waals surface area contributed by atoms with Crippen LogP contribution in [-0.4, -0.2) is 46.8 Å². The van der Waals surface area contributed by atoms with Crippen LogP contribution in [0.15, 0.2) is 0 Å². The molecule has 0 bridgehead atoms. The van der Waals surface area contributed by atoms with Crippen LogP contribution < -0.4 is 0 Å². The summed E-state index contributed by atoms with van der Waals surface area (Å²) in [6, 6.07) is 0. The van der Waals surface area contributed by atoms with E-state index in [4.69, 9.17) is 4.74 Å². The van der Waals surface area contributed by atoms with Gasteiger partial charge in [-0.1, -0.05) is 48.0 Å². The van der Waals surface area contributed by atoms with Gasteiger partial charge in [0, 0.05) is 18.4 Å². The van der Waals surface area contributed by atoms with E-state index < -0.39 is 12.2 Å². The van der Waals surface area contributed by atoms with Gasteiger partial charge in [-0.2, -0.15) is 0 Å². The number of hydrogen-bond donors (Lipinski definition) is 3. The van der Waals surface area contributed by atoms with Crippen molar-refractivity contribution < 1.29 is 20.1 Å². The van der Waals surface area contributed by atoms with Crippen molar-refractivity contribution in [3.8, 4) is 0 Å². The first-order valence-electron chi connectivity index (χ1n) is 15.9. The molecule has 5 saturated carbocycles. The Kier molecular flexibility index (Phi) is 7.47. The summed E-state index contributed by atoms with van der Waals surface area (Å²) in [6.45, 7) is 16.1. The first kappa shape index (κ1) is 28.4. The lowest BCUT2D eigenvalue weighted by atomic mass is 9.34. The van der Waals surface area contributed by atoms with Crippen molar-refractivity contribution in [3.05, 3.63) is 0 Å². The van der Waals surface area contributed by atoms with E-state index in [0.717, 1.165) is 24.7 Å². The van der Waals surface area contributed by atoms with Gasteiger partial charge in [-0.15, -0.1) is 0 Å². The number of methoxy groups -OCH3 is 1. The molecule has 0 aromatic heterocycles. The molecular weight excluding hydrogens is 460 g/mol. The van der Waals surface area contributed by atoms with Crippen molar-refractivity contribution in [1.29, 1.82) is 0 Å². The normalized spacial score (nSPS) is 59.1. The van der Waals surface area contributed by atoms with Gasteiger partial charge in [0.25, 0.3) is 0 Å². The highest BCUT2D eigenvalue weighted by molar-refractivity contribution is 5.18. The lowest BCUT2D eigenvalue weighted by Gasteiger charge is -2.72. The van der Waals surface area contributed by atoms with Gasteiger partial charge in [-0.3, -0.25) is 0 Å². The fraction of sp³-hybridized carbons (Fsp3) is 1.00. The van der Waals surface area contributed by atoms with Crippen LogP contribution in [0, 0.1) is 69.5 Å². The molecule has 5 rings (SSSR count). The summed E-state index contributed by atoms with van der Waals surface area (Å²) in [5, 5.41) is 35.0. The van der Waals surface area contributed by atoms with E-state index in [-0.39, 0.29) is 40.1 Å². The SMILES string of the molecule is COC1CCC(C2CCC(C)C3C(O)C4C(C)[C@]5(C)C(O)C(C(C)O)C(C)C[C@]5(C)C[C@]4(C)CC23)CC1. The molecule has 0 radical (unpaired) electrons. The largest absolute Gasteiger partial charge is 0.393 e. The van der Waals surface area contributed by atoms with Gasteiger partial charge in [-0.05, 0) is 116 Å². The predicted molar refractivity (Wildman–Crippen MR) is 149 cm³/mol. The quantitative estimate of drug-likeness (QED) is 0.410. The first-order valence-corrected chi connectivity index (χ1v) is 15.9. The van der Waals surface area contributed by atoms with Crippen molar-refractivity contribution in [2.75, 3.05) is 7.11 Å². The average Bonchev–Trinajstić information content (AvgIpc) is 2.81. The molecule has 0 aromatic rings. The van der Waals surface area contributed by atoms with Crippen LogP contribution in [0.5, 0.6) is 0 Å². The monoisotopic (exact) mass is 518 g/mol. The highest BCUT2D eigenvalue weighted by Gasteiger charge is 2.70. The molecule has 14 atom stereocenters. The fourth-order valence-corrected chi connectivity index (χ4v) is 12.4. The van der Waals surface area contributed by atoms with E-state index in [9.17, 15) is 15.3 Å². The third-order valence-corrected chi connectivity index (χ3v) is 14.1. The first-order chi connectivity index (χ1) is 17.3. The van der Waals surface area contributed by atoms with E-state index in [1.54, 1.807) is 0 Å². The summed E-state index contributed by atoms with van der Waals surface area (Å²) in [4.78, 5) is 0. The summed E-state index contributed by atoms with van der Waals surface area (Å²) < 4.78 is 5.70. The molecule has 0 spiro atoms. The van der Waals surface area contributed by atoms with Gasteiger partial charge in [0.1, 0.15) is 0 Å². The third-order valence-electron chi connectivity index (χ3n) is 14.1. The molecule has 214 valence electrons. The van der Waals surface area contributed by atoms with Gasteiger partial charge in [0.2, 0.25) is 0 Å². The number of ether oxygens (including phenoxy) is 1. The summed E-state index contributed by atoms with van der Waals surface area (Å²) >= 11 is 0. The second kappa shape index (κ2) is 9.74. The van der Waals surface area contributed by atoms with Gasteiger partial charge >= 0.3 is 0 Å². The van der Waals surface area contributed by atoms with Crippen LogP contribution in [-0.2, 0) is 4.74 Å². The van der Waals surface area contributed by atoms with E-state index in [1.165, 1.54) is 44.9 Å². The zero-order valence-electron chi connectivity index (χ0n) is 25.1. The third kappa shape index (κ3) is 4.12. The van der Waals surface area contributed by atoms with E-state index in [1.807, 2.05) is 14.0 Å². The Morgan fingerprint density at radius 3 is 2.08 bits per heavy atom. The number of hydrogen-bond acceptors (Lipinski definition) is 4. The van der Waals surface area contributed by atoms with Crippen molar-refractivity contribution in [2.24, 2.45) is 69.5 Å². The second-order valence-electron chi connectivity index (χ2n) is 15.9. The lowest BCUT2D eigenvalue weighted by Crippen LogP contribution is -2.70. The maximum absolute atomic E-state index is 12.4. The fourth-order valence-electron chi connectivity index (χ4n) is 12.4. The molecule has 3 N–H and O–H groups in total. The van der Waals surface area contributed by atoms with Crippen LogP contribution in [0.3, 0.4) is 0 Å². The van der Waals surface area contributed by atoms with Gasteiger partial charge in [-0.25, -0.2) is 0 Å². The molecule has 0 saturated heterocycles. The van der Waals surface area contributed by atoms with Crippen LogP contribution in [0.2, 0.25) is 0 Å². The molecule has 0 amide bonds. The van der Waals surface area contributed by atoms with Gasteiger partial charge < -0.3 is 20.1 Å². The zero-order chi connectivity index (χ0) is 27.1. The van der Waals surface area contributed by atoms with Crippen LogP contribution in [0.1, 0.15) is 106 Å². The average molecular weight is 519 g/mol. The Morgan fingerprint density at radius 1 is 0.838 bits per heavy atom. The second-order valence-corrected chi connectivity index (χ2v) is 15.9. The molecule has 0 aromatic carbocycles. The Balaban J connectivity index is 1.49. The molecule has 0 heterocycles. The minimum atomic E-state index is -0.543. The molecule has 4 heteroatoms. The van der Waals surface area contributed by atoms with E-state index in [0.29, 0.717) is 29.8 Å². The standard InChI is InChI=1S/C33H58O4/c1-18-9-14-24(22-10-12-23(37-8)13-11-22)25-16-31(5)17-32(6)15-19(2)26(21(4)34)30(36)33(32,7)20(3)28(31)29(35)27(18)25/h18-30,34-36H,9-17H2,1-8H3/t18?,19?,20?,21?,22?,23?,24?,25?,26?,27?,28?,29?,30?,31-,32+,33+/m0/s1. The molecule has 11 unspecified atom stereocenters. The number of aliphatic hydroxyl groups is 3. The molecule has 0 aliphatic heterocycles. The minimum Gasteiger partial charge on any atom is -0.393 e. The van der Waals surface area contributed by atoms with Crippen molar-refractivity contribution >= 4 is 0 Å². The molecule has 5 aliphatic carbocycles. The topological polar surface area (TPSA) is 69.9 Å². The summed E-state index contributed by atoms with van der Waals surface area (Å²) in [6.07, 6.45) is 9.98. The van der Waals surface area contributed by atoms with E-state index in [2.05, 4.69) is 41.5 Å². The maximum atomic E-state index is 12.4. The van der Waals surface area contributed by atoms with Crippen molar-refractivity contribution in [2.45, 2.75) is 131 Å². The predicted octanol–water partition coefficient (Wildman–Crippen LogP) is 6.31. The Hall–Kier alpha value is -0.160. The number of aliphatic hydroxyl groups excluding tert-OH is 3. The molecule has 4 nitrogen and oxygen atoms in total. The number of fused-ring (bicyclic) bond motifs is 3. The van der Waals surface area contributed by atoms with Crippen LogP contribution in [0.4, 0.5) is 0 Å². The van der Waals surface area contributed by atoms with E-state index >= 15 is 0 Å². The highest BCUT2D eigenvalue weighted by atomic mass is 16.5. The van der Waals surface area contributed by atoms with Crippen molar-refractivity contribution in [3.63, 3.8) is 0 Å². The zero-order valence-corrected chi connectivity index (χ0v) is 25.1. The Labute approximate surface area is 227 Å².